The summed E-state index contributed by atoms with van der Waals surface area (Å²) in [7, 11) is 0. The molecule has 1 saturated heterocycles. The first-order valence-electron chi connectivity index (χ1n) is 8.97. The number of halogens is 3. The monoisotopic (exact) mass is 380 g/mol. The molecule has 1 aromatic heterocycles. The van der Waals surface area contributed by atoms with E-state index < -0.39 is 11.9 Å². The quantitative estimate of drug-likeness (QED) is 0.868. The molecule has 8 heteroatoms. The second-order valence-corrected chi connectivity index (χ2v) is 7.00. The molecular weight excluding hydrogens is 357 g/mol. The molecular formula is C19H23F3N4O. The van der Waals surface area contributed by atoms with E-state index in [-0.39, 0.29) is 18.5 Å². The molecule has 0 spiro atoms. The molecule has 146 valence electrons. The fourth-order valence-corrected chi connectivity index (χ4v) is 3.33. The van der Waals surface area contributed by atoms with Crippen LogP contribution in [0.25, 0.3) is 0 Å². The van der Waals surface area contributed by atoms with Crippen molar-refractivity contribution in [1.29, 1.82) is 0 Å². The summed E-state index contributed by atoms with van der Waals surface area (Å²) >= 11 is 0. The van der Waals surface area contributed by atoms with Crippen LogP contribution in [-0.4, -0.2) is 39.7 Å². The Labute approximate surface area is 156 Å². The fourth-order valence-electron chi connectivity index (χ4n) is 3.33. The molecule has 0 unspecified atom stereocenters. The van der Waals surface area contributed by atoms with E-state index in [1.165, 1.54) is 17.3 Å². The molecule has 3 rings (SSSR count). The summed E-state index contributed by atoms with van der Waals surface area (Å²) in [5.74, 6) is -0.316. The van der Waals surface area contributed by atoms with Gasteiger partial charge in [0.15, 0.2) is 5.69 Å². The topological polar surface area (TPSA) is 50.2 Å². The van der Waals surface area contributed by atoms with Crippen molar-refractivity contribution < 1.29 is 18.0 Å². The van der Waals surface area contributed by atoms with Crippen molar-refractivity contribution >= 4 is 5.91 Å². The lowest BCUT2D eigenvalue weighted by atomic mass is 10.0. The highest BCUT2D eigenvalue weighted by Gasteiger charge is 2.33. The number of aromatic nitrogens is 2. The number of alkyl halides is 3. The maximum Gasteiger partial charge on any atom is 0.435 e. The number of hydrogen-bond acceptors (Lipinski definition) is 3. The Morgan fingerprint density at radius 2 is 2.00 bits per heavy atom. The van der Waals surface area contributed by atoms with Gasteiger partial charge in [-0.05, 0) is 31.4 Å². The smallest absolute Gasteiger partial charge is 0.352 e. The summed E-state index contributed by atoms with van der Waals surface area (Å²) in [6, 6.07) is 9.33. The Balaban J connectivity index is 1.43. The van der Waals surface area contributed by atoms with Crippen molar-refractivity contribution in [2.45, 2.75) is 45.1 Å². The average molecular weight is 380 g/mol. The highest BCUT2D eigenvalue weighted by molar-refractivity contribution is 5.75. The zero-order valence-corrected chi connectivity index (χ0v) is 15.2. The third kappa shape index (κ3) is 5.56. The molecule has 1 amide bonds. The van der Waals surface area contributed by atoms with E-state index in [0.29, 0.717) is 0 Å². The number of carbonyl (C=O) groups is 1. The largest absolute Gasteiger partial charge is 0.435 e. The van der Waals surface area contributed by atoms with Crippen LogP contribution in [0.4, 0.5) is 13.2 Å². The summed E-state index contributed by atoms with van der Waals surface area (Å²) in [6.07, 6.45) is -1.67. The Morgan fingerprint density at radius 1 is 1.26 bits per heavy atom. The summed E-state index contributed by atoms with van der Waals surface area (Å²) in [5.41, 5.74) is 1.53. The Bertz CT molecular complexity index is 779. The molecule has 27 heavy (non-hydrogen) atoms. The first-order valence-corrected chi connectivity index (χ1v) is 8.97. The van der Waals surface area contributed by atoms with Gasteiger partial charge in [0.05, 0.1) is 0 Å². The Kier molecular flexibility index (Phi) is 5.84. The number of amides is 1. The van der Waals surface area contributed by atoms with Gasteiger partial charge in [-0.25, -0.2) is 0 Å². The van der Waals surface area contributed by atoms with E-state index in [1.54, 1.807) is 0 Å². The van der Waals surface area contributed by atoms with Crippen LogP contribution in [0.5, 0.6) is 0 Å². The zero-order chi connectivity index (χ0) is 19.4. The van der Waals surface area contributed by atoms with E-state index in [9.17, 15) is 18.0 Å². The average Bonchev–Trinajstić information content (AvgIpc) is 3.05. The summed E-state index contributed by atoms with van der Waals surface area (Å²) in [4.78, 5) is 14.4. The van der Waals surface area contributed by atoms with Gasteiger partial charge in [-0.3, -0.25) is 14.4 Å². The summed E-state index contributed by atoms with van der Waals surface area (Å²) in [5, 5.41) is 6.30. The normalized spacial score (nSPS) is 16.4. The first kappa shape index (κ1) is 19.4. The van der Waals surface area contributed by atoms with E-state index in [0.717, 1.165) is 43.2 Å². The Hall–Kier alpha value is -2.35. The van der Waals surface area contributed by atoms with Crippen LogP contribution in [0.15, 0.2) is 36.5 Å². The van der Waals surface area contributed by atoms with Gasteiger partial charge in [0, 0.05) is 31.9 Å². The molecule has 2 heterocycles. The van der Waals surface area contributed by atoms with Gasteiger partial charge in [0.2, 0.25) is 5.91 Å². The summed E-state index contributed by atoms with van der Waals surface area (Å²) < 4.78 is 38.7. The Morgan fingerprint density at radius 3 is 2.63 bits per heavy atom. The number of likely N-dealkylation sites (tertiary alicyclic amines) is 1. The summed E-state index contributed by atoms with van der Waals surface area (Å²) in [6.45, 7) is 4.50. The minimum Gasteiger partial charge on any atom is -0.352 e. The van der Waals surface area contributed by atoms with Crippen molar-refractivity contribution in [2.24, 2.45) is 0 Å². The number of rotatable bonds is 5. The van der Waals surface area contributed by atoms with Gasteiger partial charge < -0.3 is 5.32 Å². The molecule has 0 saturated carbocycles. The van der Waals surface area contributed by atoms with E-state index >= 15 is 0 Å². The fraction of sp³-hybridized carbons (Fsp3) is 0.474. The highest BCUT2D eigenvalue weighted by Crippen LogP contribution is 2.27. The number of aryl methyl sites for hydroxylation is 1. The van der Waals surface area contributed by atoms with Gasteiger partial charge in [-0.1, -0.05) is 29.8 Å². The zero-order valence-electron chi connectivity index (χ0n) is 15.2. The van der Waals surface area contributed by atoms with Crippen LogP contribution in [-0.2, 0) is 24.1 Å². The second kappa shape index (κ2) is 8.12. The number of nitrogens with one attached hydrogen (secondary N) is 1. The van der Waals surface area contributed by atoms with Crippen molar-refractivity contribution in [1.82, 2.24) is 20.0 Å². The van der Waals surface area contributed by atoms with E-state index in [2.05, 4.69) is 46.5 Å². The van der Waals surface area contributed by atoms with Crippen LogP contribution >= 0.6 is 0 Å². The van der Waals surface area contributed by atoms with Crippen molar-refractivity contribution in [3.63, 3.8) is 0 Å². The number of piperidine rings is 1. The lowest BCUT2D eigenvalue weighted by Gasteiger charge is -2.32. The predicted octanol–water partition coefficient (Wildman–Crippen LogP) is 2.99. The van der Waals surface area contributed by atoms with Gasteiger partial charge in [0.25, 0.3) is 0 Å². The number of benzene rings is 1. The van der Waals surface area contributed by atoms with Gasteiger partial charge >= 0.3 is 6.18 Å². The van der Waals surface area contributed by atoms with Crippen LogP contribution in [0.2, 0.25) is 0 Å². The molecule has 1 fully saturated rings. The molecule has 0 radical (unpaired) electrons. The predicted molar refractivity (Wildman–Crippen MR) is 94.8 cm³/mol. The third-order valence-corrected chi connectivity index (χ3v) is 4.68. The van der Waals surface area contributed by atoms with Crippen molar-refractivity contribution in [3.05, 3.63) is 53.3 Å². The first-order chi connectivity index (χ1) is 12.8. The SMILES string of the molecule is Cc1cccc(CN2CCC(NC(=O)Cn3ccc(C(F)(F)F)n3)CC2)c1. The molecule has 5 nitrogen and oxygen atoms in total. The van der Waals surface area contributed by atoms with Gasteiger partial charge in [0.1, 0.15) is 6.54 Å². The molecule has 1 aromatic carbocycles. The molecule has 1 N–H and O–H groups in total. The number of hydrogen-bond donors (Lipinski definition) is 1. The molecule has 0 atom stereocenters. The lowest BCUT2D eigenvalue weighted by Crippen LogP contribution is -2.45. The van der Waals surface area contributed by atoms with Crippen molar-refractivity contribution in [3.8, 4) is 0 Å². The standard InChI is InChI=1S/C19H23F3N4O/c1-14-3-2-4-15(11-14)12-25-8-5-16(6-9-25)23-18(27)13-26-10-7-17(24-26)19(20,21)22/h2-4,7,10-11,16H,5-6,8-9,12-13H2,1H3,(H,23,27). The minimum absolute atomic E-state index is 0.0453. The number of nitrogens with zero attached hydrogens (tertiary/aromatic N) is 3. The molecule has 1 aliphatic heterocycles. The van der Waals surface area contributed by atoms with Gasteiger partial charge in [-0.2, -0.15) is 18.3 Å². The van der Waals surface area contributed by atoms with Crippen LogP contribution < -0.4 is 5.32 Å². The molecule has 0 bridgehead atoms. The lowest BCUT2D eigenvalue weighted by molar-refractivity contribution is -0.141. The molecule has 2 aromatic rings. The third-order valence-electron chi connectivity index (χ3n) is 4.68. The van der Waals surface area contributed by atoms with Crippen LogP contribution in [0.1, 0.15) is 29.7 Å². The maximum absolute atomic E-state index is 12.5. The van der Waals surface area contributed by atoms with Crippen LogP contribution in [0, 0.1) is 6.92 Å². The maximum atomic E-state index is 12.5. The minimum atomic E-state index is -4.49. The molecule has 1 aliphatic rings. The second-order valence-electron chi connectivity index (χ2n) is 7.00. The number of carbonyl (C=O) groups excluding carboxylic acids is 1. The van der Waals surface area contributed by atoms with Crippen molar-refractivity contribution in [2.75, 3.05) is 13.1 Å². The highest BCUT2D eigenvalue weighted by atomic mass is 19.4. The molecule has 0 aliphatic carbocycles. The van der Waals surface area contributed by atoms with E-state index in [4.69, 9.17) is 0 Å². The van der Waals surface area contributed by atoms with E-state index in [1.807, 2.05) is 0 Å². The van der Waals surface area contributed by atoms with Gasteiger partial charge in [-0.15, -0.1) is 0 Å². The van der Waals surface area contributed by atoms with Crippen LogP contribution in [0.3, 0.4) is 0 Å².